The van der Waals surface area contributed by atoms with E-state index in [1.165, 1.54) is 12.1 Å². The van der Waals surface area contributed by atoms with Gasteiger partial charge in [0.15, 0.2) is 5.71 Å². The molecule has 0 saturated carbocycles. The summed E-state index contributed by atoms with van der Waals surface area (Å²) < 4.78 is 41.8. The maximum absolute atomic E-state index is 12.5. The number of ether oxygens (including phenoxy) is 1. The minimum atomic E-state index is -4.41. The van der Waals surface area contributed by atoms with Crippen molar-refractivity contribution in [2.45, 2.75) is 19.0 Å². The fourth-order valence-corrected chi connectivity index (χ4v) is 1.48. The molecule has 7 heteroatoms. The van der Waals surface area contributed by atoms with Crippen molar-refractivity contribution in [2.75, 3.05) is 7.11 Å². The number of hydrogen-bond donors (Lipinski definition) is 1. The van der Waals surface area contributed by atoms with Gasteiger partial charge in [-0.25, -0.2) is 4.79 Å². The molecule has 0 spiro atoms. The first-order chi connectivity index (χ1) is 8.88. The summed E-state index contributed by atoms with van der Waals surface area (Å²) >= 11 is 0. The van der Waals surface area contributed by atoms with Gasteiger partial charge in [0.25, 0.3) is 0 Å². The lowest BCUT2D eigenvalue weighted by Crippen LogP contribution is -2.16. The SMILES string of the molecule is COC(=O)C(CCc1cccc(C(F)(F)F)c1)=NO. The molecule has 0 radical (unpaired) electrons. The van der Waals surface area contributed by atoms with E-state index in [9.17, 15) is 18.0 Å². The number of alkyl halides is 3. The molecule has 0 aliphatic rings. The summed E-state index contributed by atoms with van der Waals surface area (Å²) in [5, 5.41) is 11.4. The average Bonchev–Trinajstić information content (AvgIpc) is 2.38. The normalized spacial score (nSPS) is 12.3. The maximum atomic E-state index is 12.5. The molecule has 0 bridgehead atoms. The molecule has 0 atom stereocenters. The lowest BCUT2D eigenvalue weighted by Gasteiger charge is -2.08. The quantitative estimate of drug-likeness (QED) is 0.398. The van der Waals surface area contributed by atoms with E-state index < -0.39 is 17.7 Å². The fraction of sp³-hybridized carbons (Fsp3) is 0.333. The number of oxime groups is 1. The fourth-order valence-electron chi connectivity index (χ4n) is 1.48. The molecule has 0 fully saturated rings. The first kappa shape index (κ1) is 15.0. The number of benzene rings is 1. The van der Waals surface area contributed by atoms with E-state index in [-0.39, 0.29) is 18.6 Å². The van der Waals surface area contributed by atoms with Crippen LogP contribution < -0.4 is 0 Å². The summed E-state index contributed by atoms with van der Waals surface area (Å²) in [4.78, 5) is 11.1. The summed E-state index contributed by atoms with van der Waals surface area (Å²) in [5.41, 5.74) is -0.606. The van der Waals surface area contributed by atoms with Crippen molar-refractivity contribution in [2.24, 2.45) is 5.16 Å². The lowest BCUT2D eigenvalue weighted by atomic mass is 10.0. The van der Waals surface area contributed by atoms with E-state index >= 15 is 0 Å². The highest BCUT2D eigenvalue weighted by Gasteiger charge is 2.30. The first-order valence-corrected chi connectivity index (χ1v) is 5.34. The molecular formula is C12H12F3NO3. The Morgan fingerprint density at radius 2 is 2.11 bits per heavy atom. The van der Waals surface area contributed by atoms with Crippen molar-refractivity contribution in [1.82, 2.24) is 0 Å². The molecule has 1 rings (SSSR count). The molecule has 0 aliphatic carbocycles. The molecule has 0 heterocycles. The van der Waals surface area contributed by atoms with Crippen LogP contribution >= 0.6 is 0 Å². The van der Waals surface area contributed by atoms with E-state index in [0.29, 0.717) is 5.56 Å². The Morgan fingerprint density at radius 3 is 2.63 bits per heavy atom. The Balaban J connectivity index is 2.76. The second kappa shape index (κ2) is 6.21. The molecule has 0 saturated heterocycles. The number of nitrogens with zero attached hydrogens (tertiary/aromatic N) is 1. The number of rotatable bonds is 4. The van der Waals surface area contributed by atoms with Crippen LogP contribution in [-0.4, -0.2) is 24.0 Å². The zero-order chi connectivity index (χ0) is 14.5. The molecule has 0 aromatic heterocycles. The second-order valence-electron chi connectivity index (χ2n) is 3.74. The Morgan fingerprint density at radius 1 is 1.42 bits per heavy atom. The molecule has 19 heavy (non-hydrogen) atoms. The number of carbonyl (C=O) groups is 1. The van der Waals surface area contributed by atoms with Crippen LogP contribution in [0, 0.1) is 0 Å². The van der Waals surface area contributed by atoms with Crippen LogP contribution in [0.2, 0.25) is 0 Å². The van der Waals surface area contributed by atoms with E-state index in [1.807, 2.05) is 0 Å². The zero-order valence-electron chi connectivity index (χ0n) is 10.1. The number of hydrogen-bond acceptors (Lipinski definition) is 4. The van der Waals surface area contributed by atoms with Gasteiger partial charge >= 0.3 is 12.1 Å². The van der Waals surface area contributed by atoms with Gasteiger partial charge in [0.05, 0.1) is 12.7 Å². The third-order valence-corrected chi connectivity index (χ3v) is 2.45. The zero-order valence-corrected chi connectivity index (χ0v) is 10.1. The molecular weight excluding hydrogens is 263 g/mol. The van der Waals surface area contributed by atoms with Gasteiger partial charge in [0, 0.05) is 6.42 Å². The van der Waals surface area contributed by atoms with Gasteiger partial charge in [0.2, 0.25) is 0 Å². The molecule has 1 aromatic rings. The van der Waals surface area contributed by atoms with E-state index in [4.69, 9.17) is 5.21 Å². The summed E-state index contributed by atoms with van der Waals surface area (Å²) in [6, 6.07) is 4.74. The summed E-state index contributed by atoms with van der Waals surface area (Å²) in [7, 11) is 1.12. The number of methoxy groups -OCH3 is 1. The molecule has 104 valence electrons. The highest BCUT2D eigenvalue weighted by Crippen LogP contribution is 2.29. The van der Waals surface area contributed by atoms with E-state index in [0.717, 1.165) is 19.2 Å². The van der Waals surface area contributed by atoms with Crippen molar-refractivity contribution in [3.05, 3.63) is 35.4 Å². The topological polar surface area (TPSA) is 58.9 Å². The van der Waals surface area contributed by atoms with Crippen molar-refractivity contribution in [3.8, 4) is 0 Å². The molecule has 0 aliphatic heterocycles. The van der Waals surface area contributed by atoms with E-state index in [2.05, 4.69) is 9.89 Å². The van der Waals surface area contributed by atoms with Crippen LogP contribution in [0.3, 0.4) is 0 Å². The largest absolute Gasteiger partial charge is 0.464 e. The lowest BCUT2D eigenvalue weighted by molar-refractivity contribution is -0.137. The predicted molar refractivity (Wildman–Crippen MR) is 61.0 cm³/mol. The van der Waals surface area contributed by atoms with Crippen molar-refractivity contribution >= 4 is 11.7 Å². The average molecular weight is 275 g/mol. The minimum absolute atomic E-state index is 0.00944. The van der Waals surface area contributed by atoms with Gasteiger partial charge in [-0.1, -0.05) is 23.4 Å². The summed E-state index contributed by atoms with van der Waals surface area (Å²) in [5.74, 6) is -0.811. The van der Waals surface area contributed by atoms with Crippen molar-refractivity contribution in [1.29, 1.82) is 0 Å². The Labute approximate surface area is 107 Å². The Hall–Kier alpha value is -2.05. The smallest absolute Gasteiger partial charge is 0.416 e. The predicted octanol–water partition coefficient (Wildman–Crippen LogP) is 2.64. The van der Waals surface area contributed by atoms with Crippen molar-refractivity contribution in [3.63, 3.8) is 0 Å². The standard InChI is InChI=1S/C12H12F3NO3/c1-19-11(17)10(16-18)6-5-8-3-2-4-9(7-8)12(13,14)15/h2-4,7,18H,5-6H2,1H3. The van der Waals surface area contributed by atoms with E-state index in [1.54, 1.807) is 0 Å². The van der Waals surface area contributed by atoms with Gasteiger partial charge < -0.3 is 9.94 Å². The Kier molecular flexibility index (Phi) is 4.91. The maximum Gasteiger partial charge on any atom is 0.416 e. The molecule has 4 nitrogen and oxygen atoms in total. The van der Waals surface area contributed by atoms with Gasteiger partial charge in [0.1, 0.15) is 0 Å². The molecule has 1 aromatic carbocycles. The van der Waals surface area contributed by atoms with Gasteiger partial charge in [-0.05, 0) is 18.1 Å². The molecule has 0 amide bonds. The van der Waals surface area contributed by atoms with Gasteiger partial charge in [-0.3, -0.25) is 0 Å². The van der Waals surface area contributed by atoms with Crippen LogP contribution in [-0.2, 0) is 22.1 Å². The van der Waals surface area contributed by atoms with Crippen LogP contribution in [0.4, 0.5) is 13.2 Å². The van der Waals surface area contributed by atoms with Crippen LogP contribution in [0.25, 0.3) is 0 Å². The number of halogens is 3. The highest BCUT2D eigenvalue weighted by atomic mass is 19.4. The van der Waals surface area contributed by atoms with Crippen LogP contribution in [0.15, 0.2) is 29.4 Å². The number of esters is 1. The van der Waals surface area contributed by atoms with Crippen LogP contribution in [0.5, 0.6) is 0 Å². The highest BCUT2D eigenvalue weighted by molar-refractivity contribution is 6.36. The molecule has 0 unspecified atom stereocenters. The van der Waals surface area contributed by atoms with Gasteiger partial charge in [-0.15, -0.1) is 0 Å². The van der Waals surface area contributed by atoms with Crippen molar-refractivity contribution < 1.29 is 27.9 Å². The van der Waals surface area contributed by atoms with Crippen LogP contribution in [0.1, 0.15) is 17.5 Å². The number of carbonyl (C=O) groups excluding carboxylic acids is 1. The third kappa shape index (κ3) is 4.27. The summed E-state index contributed by atoms with van der Waals surface area (Å²) in [6.07, 6.45) is -4.28. The third-order valence-electron chi connectivity index (χ3n) is 2.45. The Bertz CT molecular complexity index is 483. The van der Waals surface area contributed by atoms with Gasteiger partial charge in [-0.2, -0.15) is 13.2 Å². The minimum Gasteiger partial charge on any atom is -0.464 e. The second-order valence-corrected chi connectivity index (χ2v) is 3.74. The number of aryl methyl sites for hydroxylation is 1. The molecule has 1 N–H and O–H groups in total. The summed E-state index contributed by atoms with van der Waals surface area (Å²) in [6.45, 7) is 0. The monoisotopic (exact) mass is 275 g/mol. The first-order valence-electron chi connectivity index (χ1n) is 5.34.